The topological polar surface area (TPSA) is 125 Å². The number of halogens is 1. The number of aromatic amines is 2. The molecular weight excluding hydrogens is 519 g/mol. The van der Waals surface area contributed by atoms with Gasteiger partial charge < -0.3 is 10.3 Å². The first-order chi connectivity index (χ1) is 20.1. The van der Waals surface area contributed by atoms with Gasteiger partial charge >= 0.3 is 0 Å². The zero-order valence-corrected chi connectivity index (χ0v) is 21.5. The molecule has 0 spiro atoms. The van der Waals surface area contributed by atoms with Crippen LogP contribution in [0, 0.1) is 5.82 Å². The molecule has 3 N–H and O–H groups in total. The number of imidazole rings is 1. The van der Waals surface area contributed by atoms with E-state index >= 15 is 0 Å². The molecule has 0 aliphatic carbocycles. The molecule has 0 aliphatic rings. The SMILES string of the molecule is O=C(Cc1ccccc1)Nc1cncc(-c2ccc3[nH]nc(-c4nc5c(-c6ccc(F)cc6)cncc5[nH]4)c3n2)c1. The molecule has 0 atom stereocenters. The summed E-state index contributed by atoms with van der Waals surface area (Å²) in [5.41, 5.74) is 7.81. The number of nitrogens with one attached hydrogen (secondary N) is 3. The summed E-state index contributed by atoms with van der Waals surface area (Å²) in [5.74, 6) is 0.0825. The first kappa shape index (κ1) is 24.3. The number of pyridine rings is 3. The summed E-state index contributed by atoms with van der Waals surface area (Å²) in [4.78, 5) is 34.2. The van der Waals surface area contributed by atoms with Gasteiger partial charge in [-0.25, -0.2) is 14.4 Å². The van der Waals surface area contributed by atoms with Crippen LogP contribution in [0.1, 0.15) is 5.56 Å². The van der Waals surface area contributed by atoms with E-state index in [9.17, 15) is 9.18 Å². The Hall–Kier alpha value is -5.77. The monoisotopic (exact) mass is 540 g/mol. The Balaban J connectivity index is 1.21. The fourth-order valence-corrected chi connectivity index (χ4v) is 4.75. The Morgan fingerprint density at radius 3 is 2.49 bits per heavy atom. The van der Waals surface area contributed by atoms with Gasteiger partial charge in [0.1, 0.15) is 11.3 Å². The van der Waals surface area contributed by atoms with Crippen LogP contribution in [0.4, 0.5) is 10.1 Å². The van der Waals surface area contributed by atoms with Crippen LogP contribution in [-0.4, -0.2) is 41.0 Å². The molecule has 0 radical (unpaired) electrons. The lowest BCUT2D eigenvalue weighted by Gasteiger charge is -2.07. The second-order valence-corrected chi connectivity index (χ2v) is 9.51. The fourth-order valence-electron chi connectivity index (χ4n) is 4.75. The molecule has 0 saturated heterocycles. The van der Waals surface area contributed by atoms with Crippen LogP contribution in [0.15, 0.2) is 97.6 Å². The zero-order chi connectivity index (χ0) is 27.8. The number of hydrogen-bond acceptors (Lipinski definition) is 6. The average molecular weight is 541 g/mol. The Morgan fingerprint density at radius 1 is 0.805 bits per heavy atom. The van der Waals surface area contributed by atoms with Crippen molar-refractivity contribution in [3.63, 3.8) is 0 Å². The summed E-state index contributed by atoms with van der Waals surface area (Å²) in [7, 11) is 0. The number of carbonyl (C=O) groups excluding carboxylic acids is 1. The van der Waals surface area contributed by atoms with Gasteiger partial charge in [0.25, 0.3) is 0 Å². The van der Waals surface area contributed by atoms with Crippen LogP contribution in [0.5, 0.6) is 0 Å². The van der Waals surface area contributed by atoms with Crippen molar-refractivity contribution in [2.45, 2.75) is 6.42 Å². The number of benzene rings is 2. The first-order valence-electron chi connectivity index (χ1n) is 12.8. The van der Waals surface area contributed by atoms with Crippen LogP contribution >= 0.6 is 0 Å². The van der Waals surface area contributed by atoms with Crippen molar-refractivity contribution in [2.75, 3.05) is 5.32 Å². The van der Waals surface area contributed by atoms with Gasteiger partial charge in [0.05, 0.1) is 46.7 Å². The van der Waals surface area contributed by atoms with Crippen LogP contribution in [0.3, 0.4) is 0 Å². The molecule has 9 nitrogen and oxygen atoms in total. The number of aromatic nitrogens is 7. The number of amides is 1. The summed E-state index contributed by atoms with van der Waals surface area (Å²) in [6.45, 7) is 0. The maximum Gasteiger partial charge on any atom is 0.228 e. The largest absolute Gasteiger partial charge is 0.335 e. The van der Waals surface area contributed by atoms with Gasteiger partial charge in [0, 0.05) is 23.5 Å². The number of anilines is 1. The Bertz CT molecular complexity index is 2030. The highest BCUT2D eigenvalue weighted by Gasteiger charge is 2.17. The van der Waals surface area contributed by atoms with Crippen molar-refractivity contribution in [3.05, 3.63) is 109 Å². The van der Waals surface area contributed by atoms with E-state index in [2.05, 4.69) is 30.5 Å². The first-order valence-corrected chi connectivity index (χ1v) is 12.8. The van der Waals surface area contributed by atoms with Gasteiger partial charge in [-0.1, -0.05) is 42.5 Å². The molecule has 0 unspecified atom stereocenters. The minimum Gasteiger partial charge on any atom is -0.335 e. The quantitative estimate of drug-likeness (QED) is 0.240. The van der Waals surface area contributed by atoms with Crippen molar-refractivity contribution in [1.29, 1.82) is 0 Å². The molecule has 1 amide bonds. The van der Waals surface area contributed by atoms with Crippen LogP contribution in [0.2, 0.25) is 0 Å². The second-order valence-electron chi connectivity index (χ2n) is 9.51. The molecule has 0 bridgehead atoms. The molecule has 5 aromatic heterocycles. The number of rotatable bonds is 6. The van der Waals surface area contributed by atoms with Gasteiger partial charge in [-0.3, -0.25) is 19.9 Å². The molecule has 0 aliphatic heterocycles. The van der Waals surface area contributed by atoms with Gasteiger partial charge in [-0.2, -0.15) is 5.10 Å². The molecular formula is C31H21FN8O. The minimum absolute atomic E-state index is 0.130. The Kier molecular flexibility index (Phi) is 5.97. The molecule has 2 aromatic carbocycles. The lowest BCUT2D eigenvalue weighted by atomic mass is 10.1. The predicted octanol–water partition coefficient (Wildman–Crippen LogP) is 5.95. The molecule has 198 valence electrons. The number of hydrogen-bond donors (Lipinski definition) is 3. The van der Waals surface area contributed by atoms with Crippen molar-refractivity contribution < 1.29 is 9.18 Å². The summed E-state index contributed by atoms with van der Waals surface area (Å²) >= 11 is 0. The average Bonchev–Trinajstić information content (AvgIpc) is 3.62. The van der Waals surface area contributed by atoms with E-state index in [1.54, 1.807) is 36.9 Å². The lowest BCUT2D eigenvalue weighted by molar-refractivity contribution is -0.115. The third-order valence-electron chi connectivity index (χ3n) is 6.71. The number of H-pyrrole nitrogens is 2. The molecule has 41 heavy (non-hydrogen) atoms. The van der Waals surface area contributed by atoms with E-state index in [0.29, 0.717) is 33.9 Å². The molecule has 7 aromatic rings. The third-order valence-corrected chi connectivity index (χ3v) is 6.71. The van der Waals surface area contributed by atoms with Gasteiger partial charge in [-0.05, 0) is 41.5 Å². The van der Waals surface area contributed by atoms with E-state index in [-0.39, 0.29) is 18.1 Å². The van der Waals surface area contributed by atoms with E-state index in [4.69, 9.17) is 9.97 Å². The maximum absolute atomic E-state index is 13.5. The van der Waals surface area contributed by atoms with Crippen molar-refractivity contribution in [2.24, 2.45) is 0 Å². The summed E-state index contributed by atoms with van der Waals surface area (Å²) in [5, 5.41) is 10.4. The van der Waals surface area contributed by atoms with E-state index in [0.717, 1.165) is 33.3 Å². The van der Waals surface area contributed by atoms with Crippen LogP contribution in [-0.2, 0) is 11.2 Å². The van der Waals surface area contributed by atoms with Crippen molar-refractivity contribution in [3.8, 4) is 33.9 Å². The van der Waals surface area contributed by atoms with E-state index in [1.807, 2.05) is 48.5 Å². The van der Waals surface area contributed by atoms with Crippen LogP contribution in [0.25, 0.3) is 56.0 Å². The highest BCUT2D eigenvalue weighted by molar-refractivity contribution is 5.96. The standard InChI is InChI=1S/C31H21FN8O/c32-21-8-6-19(7-9-21)23-16-34-17-26-28(23)38-31(37-26)30-29-25(39-40-30)11-10-24(36-29)20-13-22(15-33-14-20)35-27(41)12-18-4-2-1-3-5-18/h1-11,13-17H,12H2,(H,35,41)(H,37,38)(H,39,40). The van der Waals surface area contributed by atoms with E-state index in [1.165, 1.54) is 12.1 Å². The number of fused-ring (bicyclic) bond motifs is 2. The Labute approximate surface area is 232 Å². The molecule has 5 heterocycles. The number of nitrogens with zero attached hydrogens (tertiary/aromatic N) is 5. The van der Waals surface area contributed by atoms with Gasteiger partial charge in [0.15, 0.2) is 11.5 Å². The fraction of sp³-hybridized carbons (Fsp3) is 0.0323. The van der Waals surface area contributed by atoms with Gasteiger partial charge in [-0.15, -0.1) is 0 Å². The summed E-state index contributed by atoms with van der Waals surface area (Å²) in [6.07, 6.45) is 6.97. The highest BCUT2D eigenvalue weighted by Crippen LogP contribution is 2.31. The van der Waals surface area contributed by atoms with Gasteiger partial charge in [0.2, 0.25) is 5.91 Å². The normalized spacial score (nSPS) is 11.2. The summed E-state index contributed by atoms with van der Waals surface area (Å²) < 4.78 is 13.5. The summed E-state index contributed by atoms with van der Waals surface area (Å²) in [6, 6.07) is 21.4. The zero-order valence-electron chi connectivity index (χ0n) is 21.5. The van der Waals surface area contributed by atoms with Crippen molar-refractivity contribution >= 4 is 33.7 Å². The molecule has 10 heteroatoms. The van der Waals surface area contributed by atoms with E-state index < -0.39 is 0 Å². The predicted molar refractivity (Wildman–Crippen MR) is 154 cm³/mol. The minimum atomic E-state index is -0.309. The van der Waals surface area contributed by atoms with Crippen LogP contribution < -0.4 is 5.32 Å². The maximum atomic E-state index is 13.5. The lowest BCUT2D eigenvalue weighted by Crippen LogP contribution is -2.14. The highest BCUT2D eigenvalue weighted by atomic mass is 19.1. The molecule has 0 fully saturated rings. The second kappa shape index (κ2) is 10.1. The molecule has 0 saturated carbocycles. The Morgan fingerprint density at radius 2 is 1.63 bits per heavy atom. The molecule has 7 rings (SSSR count). The smallest absolute Gasteiger partial charge is 0.228 e. The van der Waals surface area contributed by atoms with Crippen molar-refractivity contribution in [1.82, 2.24) is 35.1 Å². The number of carbonyl (C=O) groups is 1. The third kappa shape index (κ3) is 4.78.